The van der Waals surface area contributed by atoms with E-state index >= 15 is 0 Å². The molecule has 2 aromatic rings. The molecule has 1 N–H and O–H groups in total. The van der Waals surface area contributed by atoms with Crippen molar-refractivity contribution in [3.8, 4) is 11.3 Å². The SMILES string of the molecule is CCNCc1ccc(-c2cnc(C)n2C)c(F)c1. The maximum absolute atomic E-state index is 14.1. The molecule has 0 bridgehead atoms. The third kappa shape index (κ3) is 2.43. The smallest absolute Gasteiger partial charge is 0.132 e. The number of hydrogen-bond donors (Lipinski definition) is 1. The summed E-state index contributed by atoms with van der Waals surface area (Å²) in [6.45, 7) is 5.51. The highest BCUT2D eigenvalue weighted by atomic mass is 19.1. The fraction of sp³-hybridized carbons (Fsp3) is 0.357. The van der Waals surface area contributed by atoms with Gasteiger partial charge in [0.05, 0.1) is 11.9 Å². The molecule has 0 radical (unpaired) electrons. The zero-order valence-electron chi connectivity index (χ0n) is 11.0. The molecule has 0 saturated carbocycles. The number of halogens is 1. The van der Waals surface area contributed by atoms with Crippen LogP contribution in [0.2, 0.25) is 0 Å². The van der Waals surface area contributed by atoms with E-state index in [4.69, 9.17) is 0 Å². The second kappa shape index (κ2) is 5.31. The van der Waals surface area contributed by atoms with Gasteiger partial charge in [0.2, 0.25) is 0 Å². The van der Waals surface area contributed by atoms with Crippen molar-refractivity contribution in [2.45, 2.75) is 20.4 Å². The van der Waals surface area contributed by atoms with Crippen molar-refractivity contribution in [2.24, 2.45) is 7.05 Å². The normalized spacial score (nSPS) is 10.9. The minimum atomic E-state index is -0.201. The van der Waals surface area contributed by atoms with Gasteiger partial charge in [-0.3, -0.25) is 0 Å². The molecule has 2 rings (SSSR count). The van der Waals surface area contributed by atoms with E-state index < -0.39 is 0 Å². The van der Waals surface area contributed by atoms with E-state index in [1.165, 1.54) is 0 Å². The van der Waals surface area contributed by atoms with Crippen LogP contribution in [0.15, 0.2) is 24.4 Å². The van der Waals surface area contributed by atoms with Gasteiger partial charge in [-0.05, 0) is 31.2 Å². The molecule has 1 aromatic carbocycles. The lowest BCUT2D eigenvalue weighted by Crippen LogP contribution is -2.11. The van der Waals surface area contributed by atoms with Crippen LogP contribution in [0.25, 0.3) is 11.3 Å². The van der Waals surface area contributed by atoms with Gasteiger partial charge >= 0.3 is 0 Å². The summed E-state index contributed by atoms with van der Waals surface area (Å²) in [6.07, 6.45) is 1.71. The highest BCUT2D eigenvalue weighted by molar-refractivity contribution is 5.60. The molecule has 0 aliphatic rings. The van der Waals surface area contributed by atoms with Crippen LogP contribution in [0, 0.1) is 12.7 Å². The van der Waals surface area contributed by atoms with E-state index in [-0.39, 0.29) is 5.82 Å². The minimum Gasteiger partial charge on any atom is -0.331 e. The second-order valence-corrected chi connectivity index (χ2v) is 4.34. The third-order valence-electron chi connectivity index (χ3n) is 3.11. The summed E-state index contributed by atoms with van der Waals surface area (Å²) >= 11 is 0. The summed E-state index contributed by atoms with van der Waals surface area (Å²) < 4.78 is 16.0. The van der Waals surface area contributed by atoms with Crippen molar-refractivity contribution in [2.75, 3.05) is 6.54 Å². The molecule has 0 unspecified atom stereocenters. The first-order valence-corrected chi connectivity index (χ1v) is 6.11. The zero-order valence-corrected chi connectivity index (χ0v) is 11.0. The van der Waals surface area contributed by atoms with Crippen LogP contribution >= 0.6 is 0 Å². The number of rotatable bonds is 4. The Bertz CT molecular complexity index is 546. The Morgan fingerprint density at radius 1 is 1.39 bits per heavy atom. The highest BCUT2D eigenvalue weighted by Gasteiger charge is 2.10. The molecule has 96 valence electrons. The van der Waals surface area contributed by atoms with Gasteiger partial charge in [0.25, 0.3) is 0 Å². The first-order chi connectivity index (χ1) is 8.63. The topological polar surface area (TPSA) is 29.9 Å². The number of aryl methyl sites for hydroxylation is 1. The molecule has 18 heavy (non-hydrogen) atoms. The molecule has 4 heteroatoms. The van der Waals surface area contributed by atoms with Crippen molar-refractivity contribution in [3.05, 3.63) is 41.6 Å². The van der Waals surface area contributed by atoms with Gasteiger partial charge in [0, 0.05) is 19.2 Å². The first kappa shape index (κ1) is 12.8. The summed E-state index contributed by atoms with van der Waals surface area (Å²) in [5.74, 6) is 0.675. The molecule has 1 aromatic heterocycles. The van der Waals surface area contributed by atoms with E-state index in [1.54, 1.807) is 12.3 Å². The van der Waals surface area contributed by atoms with Gasteiger partial charge in [0.15, 0.2) is 0 Å². The van der Waals surface area contributed by atoms with Crippen molar-refractivity contribution < 1.29 is 4.39 Å². The van der Waals surface area contributed by atoms with Crippen LogP contribution in [0.1, 0.15) is 18.3 Å². The largest absolute Gasteiger partial charge is 0.331 e. The molecule has 3 nitrogen and oxygen atoms in total. The number of aromatic nitrogens is 2. The summed E-state index contributed by atoms with van der Waals surface area (Å²) in [5, 5.41) is 3.18. The number of benzene rings is 1. The fourth-order valence-corrected chi connectivity index (χ4v) is 1.90. The van der Waals surface area contributed by atoms with Gasteiger partial charge in [-0.1, -0.05) is 13.0 Å². The van der Waals surface area contributed by atoms with E-state index in [1.807, 2.05) is 37.6 Å². The predicted molar refractivity (Wildman–Crippen MR) is 70.7 cm³/mol. The average Bonchev–Trinajstić information content (AvgIpc) is 2.68. The monoisotopic (exact) mass is 247 g/mol. The van der Waals surface area contributed by atoms with E-state index in [9.17, 15) is 4.39 Å². The Balaban J connectivity index is 2.32. The summed E-state index contributed by atoms with van der Waals surface area (Å²) in [7, 11) is 1.89. The first-order valence-electron chi connectivity index (χ1n) is 6.11. The van der Waals surface area contributed by atoms with Crippen LogP contribution in [0.4, 0.5) is 4.39 Å². The molecular formula is C14H18FN3. The van der Waals surface area contributed by atoms with Crippen molar-refractivity contribution in [1.82, 2.24) is 14.9 Å². The quantitative estimate of drug-likeness (QED) is 0.900. The Morgan fingerprint density at radius 2 is 2.17 bits per heavy atom. The molecule has 0 fully saturated rings. The van der Waals surface area contributed by atoms with E-state index in [0.717, 1.165) is 23.6 Å². The summed E-state index contributed by atoms with van der Waals surface area (Å²) in [5.41, 5.74) is 2.36. The fourth-order valence-electron chi connectivity index (χ4n) is 1.90. The summed E-state index contributed by atoms with van der Waals surface area (Å²) in [6, 6.07) is 5.35. The molecule has 0 amide bonds. The van der Waals surface area contributed by atoms with Gasteiger partial charge in [-0.15, -0.1) is 0 Å². The lowest BCUT2D eigenvalue weighted by molar-refractivity contribution is 0.623. The minimum absolute atomic E-state index is 0.201. The average molecular weight is 247 g/mol. The zero-order chi connectivity index (χ0) is 13.1. The van der Waals surface area contributed by atoms with Gasteiger partial charge < -0.3 is 9.88 Å². The Kier molecular flexibility index (Phi) is 3.77. The van der Waals surface area contributed by atoms with Crippen LogP contribution in [-0.2, 0) is 13.6 Å². The maximum Gasteiger partial charge on any atom is 0.132 e. The number of hydrogen-bond acceptors (Lipinski definition) is 2. The highest BCUT2D eigenvalue weighted by Crippen LogP contribution is 2.23. The van der Waals surface area contributed by atoms with Crippen LogP contribution < -0.4 is 5.32 Å². The van der Waals surface area contributed by atoms with E-state index in [2.05, 4.69) is 10.3 Å². The van der Waals surface area contributed by atoms with Crippen LogP contribution in [0.5, 0.6) is 0 Å². The number of nitrogens with one attached hydrogen (secondary N) is 1. The van der Waals surface area contributed by atoms with Gasteiger partial charge in [0.1, 0.15) is 11.6 Å². The second-order valence-electron chi connectivity index (χ2n) is 4.34. The third-order valence-corrected chi connectivity index (χ3v) is 3.11. The summed E-state index contributed by atoms with van der Waals surface area (Å²) in [4.78, 5) is 4.19. The molecule has 0 spiro atoms. The molecule has 0 aliphatic heterocycles. The van der Waals surface area contributed by atoms with Crippen molar-refractivity contribution >= 4 is 0 Å². The number of imidazole rings is 1. The standard InChI is InChI=1S/C14H18FN3/c1-4-16-8-11-5-6-12(13(15)7-11)14-9-17-10(2)18(14)3/h5-7,9,16H,4,8H2,1-3H3. The lowest BCUT2D eigenvalue weighted by Gasteiger charge is -2.08. The maximum atomic E-state index is 14.1. The Hall–Kier alpha value is -1.68. The van der Waals surface area contributed by atoms with Gasteiger partial charge in [-0.2, -0.15) is 0 Å². The van der Waals surface area contributed by atoms with E-state index in [0.29, 0.717) is 12.1 Å². The lowest BCUT2D eigenvalue weighted by atomic mass is 10.1. The van der Waals surface area contributed by atoms with Crippen LogP contribution in [0.3, 0.4) is 0 Å². The predicted octanol–water partition coefficient (Wildman–Crippen LogP) is 2.64. The van der Waals surface area contributed by atoms with Crippen molar-refractivity contribution in [1.29, 1.82) is 0 Å². The number of nitrogens with zero attached hydrogens (tertiary/aromatic N) is 2. The van der Waals surface area contributed by atoms with Crippen LogP contribution in [-0.4, -0.2) is 16.1 Å². The molecule has 1 heterocycles. The molecule has 0 saturated heterocycles. The molecule has 0 atom stereocenters. The van der Waals surface area contributed by atoms with Crippen molar-refractivity contribution in [3.63, 3.8) is 0 Å². The molecule has 0 aliphatic carbocycles. The van der Waals surface area contributed by atoms with Gasteiger partial charge in [-0.25, -0.2) is 9.37 Å². The molecular weight excluding hydrogens is 229 g/mol. The Morgan fingerprint density at radius 3 is 2.72 bits per heavy atom. The Labute approximate surface area is 107 Å².